The van der Waals surface area contributed by atoms with E-state index in [1.165, 1.54) is 13.1 Å². The Morgan fingerprint density at radius 2 is 1.71 bits per heavy atom. The van der Waals surface area contributed by atoms with Gasteiger partial charge in [-0.2, -0.15) is 0 Å². The molecule has 0 atom stereocenters. The monoisotopic (exact) mass is 102 g/mol. The van der Waals surface area contributed by atoms with Gasteiger partial charge in [-0.25, -0.2) is 9.79 Å². The van der Waals surface area contributed by atoms with E-state index in [4.69, 9.17) is 4.79 Å². The lowest BCUT2D eigenvalue weighted by Crippen LogP contribution is -1.89. The molecule has 1 N–H and O–H groups in total. The van der Waals surface area contributed by atoms with E-state index in [0.717, 1.165) is 0 Å². The van der Waals surface area contributed by atoms with Crippen molar-refractivity contribution in [2.75, 3.05) is 21.1 Å². The highest BCUT2D eigenvalue weighted by Gasteiger charge is 1.29. The average molecular weight is 102 g/mol. The molecule has 0 fully saturated rings. The van der Waals surface area contributed by atoms with Crippen LogP contribution in [-0.4, -0.2) is 27.2 Å². The fraction of sp³-hybridized carbons (Fsp3) is 0.750. The zero-order valence-electron chi connectivity index (χ0n) is 4.86. The lowest BCUT2D eigenvalue weighted by atomic mass is 11.3. The molecule has 0 aromatic rings. The molecule has 3 heteroatoms. The third-order valence-corrected chi connectivity index (χ3v) is 0.0913. The topological polar surface area (TPSA) is 41.5 Å². The Hall–Kier alpha value is -0.660. The first-order valence-corrected chi connectivity index (χ1v) is 1.87. The van der Waals surface area contributed by atoms with Gasteiger partial charge in [0, 0.05) is 7.05 Å². The van der Waals surface area contributed by atoms with E-state index in [0.29, 0.717) is 0 Å². The van der Waals surface area contributed by atoms with Gasteiger partial charge >= 0.3 is 0 Å². The van der Waals surface area contributed by atoms with E-state index in [1.807, 2.05) is 14.1 Å². The van der Waals surface area contributed by atoms with Crippen LogP contribution in [0.5, 0.6) is 0 Å². The van der Waals surface area contributed by atoms with Gasteiger partial charge in [0.15, 0.2) is 0 Å². The molecule has 0 aliphatic heterocycles. The second-order valence-electron chi connectivity index (χ2n) is 0.815. The largest absolute Gasteiger partial charge is 0.323 e. The number of nitrogens with one attached hydrogen (secondary N) is 1. The summed E-state index contributed by atoms with van der Waals surface area (Å²) < 4.78 is 0. The van der Waals surface area contributed by atoms with E-state index in [9.17, 15) is 0 Å². The fourth-order valence-corrected chi connectivity index (χ4v) is 0. The van der Waals surface area contributed by atoms with Crippen LogP contribution in [0.15, 0.2) is 4.99 Å². The summed E-state index contributed by atoms with van der Waals surface area (Å²) in [5, 5.41) is 2.75. The van der Waals surface area contributed by atoms with Gasteiger partial charge in [-0.1, -0.05) is 0 Å². The Morgan fingerprint density at radius 1 is 1.57 bits per heavy atom. The van der Waals surface area contributed by atoms with Gasteiger partial charge < -0.3 is 5.32 Å². The first-order valence-electron chi connectivity index (χ1n) is 1.87. The van der Waals surface area contributed by atoms with Crippen LogP contribution in [0.3, 0.4) is 0 Å². The molecule has 0 radical (unpaired) electrons. The Labute approximate surface area is 43.4 Å². The molecule has 0 spiro atoms. The molecule has 3 nitrogen and oxygen atoms in total. The summed E-state index contributed by atoms with van der Waals surface area (Å²) in [6.45, 7) is 0. The predicted molar refractivity (Wildman–Crippen MR) is 29.0 cm³/mol. The molecule has 0 rings (SSSR count). The van der Waals surface area contributed by atoms with Gasteiger partial charge in [0.1, 0.15) is 0 Å². The van der Waals surface area contributed by atoms with E-state index >= 15 is 0 Å². The Kier molecular flexibility index (Phi) is 25.2. The number of aliphatic imine (C=N–C) groups is 1. The molecule has 0 aromatic carbocycles. The van der Waals surface area contributed by atoms with E-state index in [-0.39, 0.29) is 0 Å². The number of nitrogens with zero attached hydrogens (tertiary/aromatic N) is 1. The third-order valence-electron chi connectivity index (χ3n) is 0.0913. The van der Waals surface area contributed by atoms with Gasteiger partial charge in [0.25, 0.3) is 0 Å². The summed E-state index contributed by atoms with van der Waals surface area (Å²) in [5.74, 6) is 0. The van der Waals surface area contributed by atoms with Crippen molar-refractivity contribution in [1.29, 1.82) is 0 Å². The zero-order chi connectivity index (χ0) is 6.12. The first-order chi connectivity index (χ1) is 3.33. The van der Waals surface area contributed by atoms with Crippen molar-refractivity contribution in [1.82, 2.24) is 5.32 Å². The molecule has 0 heterocycles. The predicted octanol–water partition coefficient (Wildman–Crippen LogP) is -0.212. The summed E-state index contributed by atoms with van der Waals surface area (Å²) in [4.78, 5) is 11.8. The molecule has 0 unspecified atom stereocenters. The van der Waals surface area contributed by atoms with Crippen molar-refractivity contribution in [2.45, 2.75) is 0 Å². The standard InChI is InChI=1S/C2H3NO.C2H7N/c1-3-2-4;1-3-2/h1H3;3H,1-2H3. The zero-order valence-corrected chi connectivity index (χ0v) is 4.86. The quantitative estimate of drug-likeness (QED) is 0.339. The normalized spacial score (nSPS) is 5.00. The number of rotatable bonds is 0. The van der Waals surface area contributed by atoms with Crippen molar-refractivity contribution in [2.24, 2.45) is 4.99 Å². The van der Waals surface area contributed by atoms with Gasteiger partial charge in [-0.05, 0) is 14.1 Å². The minimum absolute atomic E-state index is 1.31. The SMILES string of the molecule is CN=C=O.CNC. The molecular weight excluding hydrogens is 92.1 g/mol. The van der Waals surface area contributed by atoms with Crippen LogP contribution >= 0.6 is 0 Å². The molecule has 0 aromatic heterocycles. The van der Waals surface area contributed by atoms with Crippen LogP contribution in [0.2, 0.25) is 0 Å². The minimum atomic E-state index is 1.31. The molecule has 42 valence electrons. The molecule has 0 bridgehead atoms. The molecular formula is C4H10N2O. The number of carbonyl (C=O) groups excluding carboxylic acids is 1. The van der Waals surface area contributed by atoms with Gasteiger partial charge in [-0.3, -0.25) is 0 Å². The van der Waals surface area contributed by atoms with Crippen LogP contribution in [0.1, 0.15) is 0 Å². The highest BCUT2D eigenvalue weighted by atomic mass is 16.1. The molecule has 0 saturated heterocycles. The minimum Gasteiger partial charge on any atom is -0.323 e. The number of hydrogen-bond donors (Lipinski definition) is 1. The third kappa shape index (κ3) is 515. The van der Waals surface area contributed by atoms with Gasteiger partial charge in [0.2, 0.25) is 6.08 Å². The van der Waals surface area contributed by atoms with Crippen LogP contribution in [0.4, 0.5) is 0 Å². The van der Waals surface area contributed by atoms with Crippen molar-refractivity contribution < 1.29 is 4.79 Å². The summed E-state index contributed by atoms with van der Waals surface area (Å²) in [6.07, 6.45) is 1.31. The van der Waals surface area contributed by atoms with Crippen molar-refractivity contribution in [3.63, 3.8) is 0 Å². The van der Waals surface area contributed by atoms with E-state index < -0.39 is 0 Å². The van der Waals surface area contributed by atoms with Crippen LogP contribution < -0.4 is 5.32 Å². The smallest absolute Gasteiger partial charge is 0.234 e. The van der Waals surface area contributed by atoms with Crippen LogP contribution in [0, 0.1) is 0 Å². The average Bonchev–Trinajstić information content (AvgIpc) is 1.69. The summed E-state index contributed by atoms with van der Waals surface area (Å²) in [5.41, 5.74) is 0. The Balaban J connectivity index is 0. The summed E-state index contributed by atoms with van der Waals surface area (Å²) in [6, 6.07) is 0. The second-order valence-corrected chi connectivity index (χ2v) is 0.815. The maximum atomic E-state index is 8.88. The number of hydrogen-bond acceptors (Lipinski definition) is 3. The second kappa shape index (κ2) is 18.4. The highest BCUT2D eigenvalue weighted by molar-refractivity contribution is 5.32. The van der Waals surface area contributed by atoms with E-state index in [1.54, 1.807) is 0 Å². The molecule has 0 aliphatic rings. The van der Waals surface area contributed by atoms with E-state index in [2.05, 4.69) is 10.3 Å². The lowest BCUT2D eigenvalue weighted by molar-refractivity contribution is 0.564. The van der Waals surface area contributed by atoms with Crippen molar-refractivity contribution >= 4 is 6.08 Å². The molecule has 0 aliphatic carbocycles. The summed E-state index contributed by atoms with van der Waals surface area (Å²) in [7, 11) is 5.13. The van der Waals surface area contributed by atoms with Crippen LogP contribution in [0.25, 0.3) is 0 Å². The van der Waals surface area contributed by atoms with Crippen molar-refractivity contribution in [3.05, 3.63) is 0 Å². The first kappa shape index (κ1) is 9.60. The van der Waals surface area contributed by atoms with Crippen molar-refractivity contribution in [3.8, 4) is 0 Å². The maximum absolute atomic E-state index is 8.88. The molecule has 0 amide bonds. The van der Waals surface area contributed by atoms with Gasteiger partial charge in [0.05, 0.1) is 0 Å². The molecule has 0 saturated carbocycles. The van der Waals surface area contributed by atoms with Crippen LogP contribution in [-0.2, 0) is 4.79 Å². The molecule has 7 heavy (non-hydrogen) atoms. The van der Waals surface area contributed by atoms with Gasteiger partial charge in [-0.15, -0.1) is 0 Å². The highest BCUT2D eigenvalue weighted by Crippen LogP contribution is 1.28. The Morgan fingerprint density at radius 3 is 1.71 bits per heavy atom. The fourth-order valence-electron chi connectivity index (χ4n) is 0. The summed E-state index contributed by atoms with van der Waals surface area (Å²) >= 11 is 0. The maximum Gasteiger partial charge on any atom is 0.234 e. The lowest BCUT2D eigenvalue weighted by Gasteiger charge is -1.59. The Bertz CT molecular complexity index is 56.7. The number of isocyanates is 1.